The molecule has 0 fully saturated rings. The van der Waals surface area contributed by atoms with Crippen LogP contribution in [0.2, 0.25) is 0 Å². The Kier molecular flexibility index (Phi) is 6.74. The van der Waals surface area contributed by atoms with Crippen molar-refractivity contribution in [3.8, 4) is 32.8 Å². The average Bonchev–Trinajstić information content (AvgIpc) is 3.70. The van der Waals surface area contributed by atoms with E-state index in [1.807, 2.05) is 0 Å². The van der Waals surface area contributed by atoms with E-state index < -0.39 is 0 Å². The Morgan fingerprint density at radius 3 is 1.76 bits per heavy atom. The van der Waals surface area contributed by atoms with E-state index in [2.05, 4.69) is 189 Å². The Balaban J connectivity index is 1.09. The molecule has 1 aliphatic rings. The number of rotatable bonds is 5. The highest BCUT2D eigenvalue weighted by molar-refractivity contribution is 7.21. The van der Waals surface area contributed by atoms with E-state index in [1.165, 1.54) is 65.2 Å². The lowest BCUT2D eigenvalue weighted by molar-refractivity contribution is 0.662. The molecule has 8 aromatic carbocycles. The van der Waals surface area contributed by atoms with E-state index in [4.69, 9.17) is 4.98 Å². The van der Waals surface area contributed by atoms with E-state index >= 15 is 0 Å². The van der Waals surface area contributed by atoms with Gasteiger partial charge in [0.2, 0.25) is 0 Å². The lowest BCUT2D eigenvalue weighted by Gasteiger charge is -2.26. The predicted octanol–water partition coefficient (Wildman–Crippen LogP) is 13.7. The molecular weight excluding hydrogens is 637 g/mol. The van der Waals surface area contributed by atoms with Gasteiger partial charge in [-0.1, -0.05) is 123 Å². The number of thiazole rings is 1. The van der Waals surface area contributed by atoms with Crippen molar-refractivity contribution in [3.05, 3.63) is 181 Å². The van der Waals surface area contributed by atoms with Crippen LogP contribution in [0.4, 0.5) is 17.1 Å². The number of nitrogens with zero attached hydrogens (tertiary/aromatic N) is 2. The minimum Gasteiger partial charge on any atom is -0.310 e. The second-order valence-corrected chi connectivity index (χ2v) is 15.1. The number of para-hydroxylation sites is 1. The molecule has 0 unspecified atom stereocenters. The Bertz CT molecular complexity index is 2750. The minimum atomic E-state index is -0.116. The average molecular weight is 671 g/mol. The fourth-order valence-corrected chi connectivity index (χ4v) is 8.99. The zero-order valence-electron chi connectivity index (χ0n) is 28.5. The van der Waals surface area contributed by atoms with Crippen LogP contribution in [-0.2, 0) is 5.41 Å². The van der Waals surface area contributed by atoms with Crippen LogP contribution in [0.15, 0.2) is 170 Å². The van der Waals surface area contributed by atoms with E-state index in [0.29, 0.717) is 0 Å². The number of benzene rings is 8. The van der Waals surface area contributed by atoms with Gasteiger partial charge in [-0.05, 0) is 116 Å². The normalized spacial score (nSPS) is 13.1. The molecule has 2 nitrogen and oxygen atoms in total. The maximum Gasteiger partial charge on any atom is 0.124 e. The molecule has 0 spiro atoms. The highest BCUT2D eigenvalue weighted by atomic mass is 32.1. The Morgan fingerprint density at radius 1 is 0.471 bits per heavy atom. The number of anilines is 3. The summed E-state index contributed by atoms with van der Waals surface area (Å²) < 4.78 is 1.23. The first kappa shape index (κ1) is 29.8. The Morgan fingerprint density at radius 2 is 1.04 bits per heavy atom. The van der Waals surface area contributed by atoms with Gasteiger partial charge in [-0.2, -0.15) is 0 Å². The lowest BCUT2D eigenvalue weighted by atomic mass is 9.81. The van der Waals surface area contributed by atoms with Crippen LogP contribution in [-0.4, -0.2) is 4.98 Å². The van der Waals surface area contributed by atoms with Crippen LogP contribution in [0, 0.1) is 0 Å². The summed E-state index contributed by atoms with van der Waals surface area (Å²) in [5.41, 5.74) is 13.4. The van der Waals surface area contributed by atoms with Gasteiger partial charge in [-0.15, -0.1) is 11.3 Å². The molecule has 9 aromatic rings. The number of hydrogen-bond acceptors (Lipinski definition) is 3. The maximum atomic E-state index is 5.08. The molecule has 0 aliphatic heterocycles. The summed E-state index contributed by atoms with van der Waals surface area (Å²) in [6.45, 7) is 4.72. The zero-order chi connectivity index (χ0) is 34.1. The highest BCUT2D eigenvalue weighted by Crippen LogP contribution is 2.52. The molecule has 0 bridgehead atoms. The molecule has 0 saturated carbocycles. The highest BCUT2D eigenvalue weighted by Gasteiger charge is 2.36. The van der Waals surface area contributed by atoms with E-state index in [9.17, 15) is 0 Å². The van der Waals surface area contributed by atoms with Crippen molar-refractivity contribution in [2.75, 3.05) is 4.90 Å². The molecule has 3 heteroatoms. The third kappa shape index (κ3) is 4.88. The molecule has 0 amide bonds. The summed E-state index contributed by atoms with van der Waals surface area (Å²) >= 11 is 1.78. The Labute approximate surface area is 301 Å². The van der Waals surface area contributed by atoms with E-state index in [0.717, 1.165) is 27.6 Å². The molecular formula is C48H34N2S. The van der Waals surface area contributed by atoms with Crippen molar-refractivity contribution < 1.29 is 0 Å². The molecule has 1 aliphatic carbocycles. The SMILES string of the molecule is CC1(C)c2cc3ccc4cc(N(c5ccccc5)c5ccc(-c6ccccc6)cc5)ccc4c3cc2-c2cc3sc(-c4ccccc4)nc3cc21. The second kappa shape index (κ2) is 11.5. The van der Waals surface area contributed by atoms with Gasteiger partial charge < -0.3 is 4.90 Å². The quantitative estimate of drug-likeness (QED) is 0.169. The van der Waals surface area contributed by atoms with Crippen molar-refractivity contribution in [1.29, 1.82) is 0 Å². The monoisotopic (exact) mass is 670 g/mol. The van der Waals surface area contributed by atoms with Crippen LogP contribution in [0.3, 0.4) is 0 Å². The first-order chi connectivity index (χ1) is 25.0. The van der Waals surface area contributed by atoms with Gasteiger partial charge in [0.1, 0.15) is 5.01 Å². The standard InChI is InChI=1S/C48H34N2S/c1-48(2)43-27-35-19-18-34-26-38(50(36-16-10-5-11-17-36)37-22-20-32(21-23-37)31-12-6-3-7-13-31)24-25-39(34)40(35)28-41(43)42-29-46-45(30-44(42)48)49-47(51-46)33-14-8-4-9-15-33/h3-30H,1-2H3. The summed E-state index contributed by atoms with van der Waals surface area (Å²) in [6, 6.07) is 61.8. The number of aromatic nitrogens is 1. The fraction of sp³-hybridized carbons (Fsp3) is 0.0625. The van der Waals surface area contributed by atoms with Crippen LogP contribution in [0.1, 0.15) is 25.0 Å². The summed E-state index contributed by atoms with van der Waals surface area (Å²) in [6.07, 6.45) is 0. The van der Waals surface area contributed by atoms with Crippen molar-refractivity contribution in [3.63, 3.8) is 0 Å². The van der Waals surface area contributed by atoms with Crippen LogP contribution in [0.5, 0.6) is 0 Å². The molecule has 242 valence electrons. The van der Waals surface area contributed by atoms with Crippen molar-refractivity contribution in [2.45, 2.75) is 19.3 Å². The van der Waals surface area contributed by atoms with Crippen LogP contribution in [0.25, 0.3) is 64.6 Å². The molecule has 1 heterocycles. The number of fused-ring (bicyclic) bond motifs is 7. The predicted molar refractivity (Wildman–Crippen MR) is 218 cm³/mol. The topological polar surface area (TPSA) is 16.1 Å². The van der Waals surface area contributed by atoms with E-state index in [-0.39, 0.29) is 5.41 Å². The summed E-state index contributed by atoms with van der Waals surface area (Å²) in [5, 5.41) is 6.13. The number of hydrogen-bond donors (Lipinski definition) is 0. The molecule has 1 aromatic heterocycles. The van der Waals surface area contributed by atoms with Crippen molar-refractivity contribution in [2.24, 2.45) is 0 Å². The molecule has 0 N–H and O–H groups in total. The molecule has 10 rings (SSSR count). The second-order valence-electron chi connectivity index (χ2n) is 14.0. The molecule has 51 heavy (non-hydrogen) atoms. The van der Waals surface area contributed by atoms with Gasteiger partial charge in [0.15, 0.2) is 0 Å². The van der Waals surface area contributed by atoms with Gasteiger partial charge in [0.25, 0.3) is 0 Å². The minimum absolute atomic E-state index is 0.116. The van der Waals surface area contributed by atoms with Crippen molar-refractivity contribution >= 4 is 60.2 Å². The smallest absolute Gasteiger partial charge is 0.124 e. The summed E-state index contributed by atoms with van der Waals surface area (Å²) in [7, 11) is 0. The van der Waals surface area contributed by atoms with Crippen LogP contribution >= 0.6 is 11.3 Å². The maximum absolute atomic E-state index is 5.08. The third-order valence-electron chi connectivity index (χ3n) is 10.6. The van der Waals surface area contributed by atoms with Gasteiger partial charge in [-0.25, -0.2) is 4.98 Å². The van der Waals surface area contributed by atoms with Gasteiger partial charge >= 0.3 is 0 Å². The van der Waals surface area contributed by atoms with E-state index in [1.54, 1.807) is 11.3 Å². The van der Waals surface area contributed by atoms with Crippen LogP contribution < -0.4 is 4.90 Å². The van der Waals surface area contributed by atoms with Gasteiger partial charge in [0.05, 0.1) is 10.2 Å². The largest absolute Gasteiger partial charge is 0.310 e. The van der Waals surface area contributed by atoms with Gasteiger partial charge in [-0.3, -0.25) is 0 Å². The zero-order valence-corrected chi connectivity index (χ0v) is 29.3. The molecule has 0 saturated heterocycles. The third-order valence-corrected chi connectivity index (χ3v) is 11.7. The lowest BCUT2D eigenvalue weighted by Crippen LogP contribution is -2.14. The fourth-order valence-electron chi connectivity index (χ4n) is 8.00. The summed E-state index contributed by atoms with van der Waals surface area (Å²) in [5.74, 6) is 0. The first-order valence-corrected chi connectivity index (χ1v) is 18.4. The Hall–Kier alpha value is -6.03. The first-order valence-electron chi connectivity index (χ1n) is 17.5. The summed E-state index contributed by atoms with van der Waals surface area (Å²) in [4.78, 5) is 7.43. The molecule has 0 radical (unpaired) electrons. The van der Waals surface area contributed by atoms with Crippen molar-refractivity contribution in [1.82, 2.24) is 4.98 Å². The molecule has 0 atom stereocenters. The van der Waals surface area contributed by atoms with Gasteiger partial charge in [0, 0.05) is 28.0 Å².